The first-order chi connectivity index (χ1) is 9.33. The van der Waals surface area contributed by atoms with Gasteiger partial charge in [-0.3, -0.25) is 0 Å². The highest BCUT2D eigenvalue weighted by Gasteiger charge is 2.02. The minimum Gasteiger partial charge on any atom is -0.489 e. The zero-order valence-corrected chi connectivity index (χ0v) is 11.4. The number of aryl methyl sites for hydroxylation is 1. The van der Waals surface area contributed by atoms with Crippen molar-refractivity contribution in [1.82, 2.24) is 0 Å². The van der Waals surface area contributed by atoms with Crippen LogP contribution in [0.1, 0.15) is 30.0 Å². The van der Waals surface area contributed by atoms with Gasteiger partial charge < -0.3 is 4.74 Å². The Bertz CT molecular complexity index is 529. The topological polar surface area (TPSA) is 9.23 Å². The van der Waals surface area contributed by atoms with Crippen LogP contribution in [0.5, 0.6) is 5.75 Å². The highest BCUT2D eigenvalue weighted by atomic mass is 16.5. The summed E-state index contributed by atoms with van der Waals surface area (Å²) in [5.74, 6) is 0.901. The summed E-state index contributed by atoms with van der Waals surface area (Å²) in [6, 6.07) is 16.5. The Labute approximate surface area is 115 Å². The summed E-state index contributed by atoms with van der Waals surface area (Å²) < 4.78 is 5.82. The minimum atomic E-state index is 0.602. The molecule has 0 aliphatic carbocycles. The van der Waals surface area contributed by atoms with Crippen LogP contribution in [0.2, 0.25) is 0 Å². The van der Waals surface area contributed by atoms with Gasteiger partial charge in [0.15, 0.2) is 0 Å². The SMILES string of the molecule is C=Cc1cc(OCc2ccccc2)ccc1CCC. The average Bonchev–Trinajstić information content (AvgIpc) is 2.47. The second-order valence-electron chi connectivity index (χ2n) is 4.59. The van der Waals surface area contributed by atoms with Crippen LogP contribution in [0.25, 0.3) is 6.08 Å². The molecule has 0 aliphatic heterocycles. The molecule has 0 aromatic heterocycles. The highest BCUT2D eigenvalue weighted by Crippen LogP contribution is 2.21. The summed E-state index contributed by atoms with van der Waals surface area (Å²) in [6.45, 7) is 6.67. The molecule has 2 rings (SSSR count). The fourth-order valence-electron chi connectivity index (χ4n) is 2.09. The van der Waals surface area contributed by atoms with Crippen molar-refractivity contribution in [2.45, 2.75) is 26.4 Å². The Morgan fingerprint density at radius 1 is 1.11 bits per heavy atom. The van der Waals surface area contributed by atoms with Gasteiger partial charge in [-0.1, -0.05) is 62.4 Å². The maximum absolute atomic E-state index is 5.82. The van der Waals surface area contributed by atoms with Crippen molar-refractivity contribution < 1.29 is 4.74 Å². The number of hydrogen-bond acceptors (Lipinski definition) is 1. The molecule has 0 saturated carbocycles. The molecule has 0 amide bonds. The Balaban J connectivity index is 2.07. The van der Waals surface area contributed by atoms with Gasteiger partial charge in [-0.05, 0) is 35.2 Å². The molecule has 0 heterocycles. The van der Waals surface area contributed by atoms with Crippen LogP contribution in [0.15, 0.2) is 55.1 Å². The first-order valence-electron chi connectivity index (χ1n) is 6.75. The van der Waals surface area contributed by atoms with Crippen molar-refractivity contribution in [1.29, 1.82) is 0 Å². The van der Waals surface area contributed by atoms with Gasteiger partial charge in [0.25, 0.3) is 0 Å². The van der Waals surface area contributed by atoms with E-state index < -0.39 is 0 Å². The van der Waals surface area contributed by atoms with Gasteiger partial charge in [0.1, 0.15) is 12.4 Å². The number of rotatable bonds is 6. The fourth-order valence-corrected chi connectivity index (χ4v) is 2.09. The standard InChI is InChI=1S/C18H20O/c1-3-8-17-11-12-18(13-16(17)4-2)19-14-15-9-6-5-7-10-15/h4-7,9-13H,2-3,8,14H2,1H3. The lowest BCUT2D eigenvalue weighted by Crippen LogP contribution is -1.96. The summed E-state index contributed by atoms with van der Waals surface area (Å²) in [6.07, 6.45) is 4.13. The minimum absolute atomic E-state index is 0.602. The van der Waals surface area contributed by atoms with Gasteiger partial charge in [-0.15, -0.1) is 0 Å². The van der Waals surface area contributed by atoms with Crippen LogP contribution in [0.4, 0.5) is 0 Å². The Kier molecular flexibility index (Phi) is 4.79. The van der Waals surface area contributed by atoms with Crippen molar-refractivity contribution >= 4 is 6.08 Å². The molecular formula is C18H20O. The maximum atomic E-state index is 5.82. The molecule has 0 unspecified atom stereocenters. The predicted molar refractivity (Wildman–Crippen MR) is 81.3 cm³/mol. The van der Waals surface area contributed by atoms with Gasteiger partial charge in [-0.25, -0.2) is 0 Å². The van der Waals surface area contributed by atoms with E-state index in [2.05, 4.69) is 37.8 Å². The van der Waals surface area contributed by atoms with Crippen LogP contribution >= 0.6 is 0 Å². The van der Waals surface area contributed by atoms with E-state index in [4.69, 9.17) is 4.74 Å². The van der Waals surface area contributed by atoms with Crippen molar-refractivity contribution in [3.8, 4) is 5.75 Å². The smallest absolute Gasteiger partial charge is 0.120 e. The maximum Gasteiger partial charge on any atom is 0.120 e. The highest BCUT2D eigenvalue weighted by molar-refractivity contribution is 5.54. The summed E-state index contributed by atoms with van der Waals surface area (Å²) in [4.78, 5) is 0. The fraction of sp³-hybridized carbons (Fsp3) is 0.222. The normalized spacial score (nSPS) is 10.2. The Morgan fingerprint density at radius 3 is 2.58 bits per heavy atom. The molecular weight excluding hydrogens is 232 g/mol. The first-order valence-corrected chi connectivity index (χ1v) is 6.75. The molecule has 0 fully saturated rings. The first kappa shape index (κ1) is 13.4. The molecule has 1 nitrogen and oxygen atoms in total. The van der Waals surface area contributed by atoms with Crippen molar-refractivity contribution in [3.63, 3.8) is 0 Å². The lowest BCUT2D eigenvalue weighted by molar-refractivity contribution is 0.306. The quantitative estimate of drug-likeness (QED) is 0.713. The molecule has 1 heteroatoms. The molecule has 0 saturated heterocycles. The monoisotopic (exact) mass is 252 g/mol. The van der Waals surface area contributed by atoms with E-state index >= 15 is 0 Å². The van der Waals surface area contributed by atoms with Crippen molar-refractivity contribution in [2.75, 3.05) is 0 Å². The van der Waals surface area contributed by atoms with E-state index in [-0.39, 0.29) is 0 Å². The lowest BCUT2D eigenvalue weighted by atomic mass is 10.0. The van der Waals surface area contributed by atoms with Gasteiger partial charge in [0.2, 0.25) is 0 Å². The average molecular weight is 252 g/mol. The van der Waals surface area contributed by atoms with E-state index in [0.717, 1.165) is 18.6 Å². The van der Waals surface area contributed by atoms with Crippen LogP contribution in [0.3, 0.4) is 0 Å². The number of ether oxygens (including phenoxy) is 1. The Hall–Kier alpha value is -2.02. The van der Waals surface area contributed by atoms with Crippen LogP contribution in [-0.4, -0.2) is 0 Å². The summed E-state index contributed by atoms with van der Waals surface area (Å²) in [5.41, 5.74) is 3.69. The van der Waals surface area contributed by atoms with Crippen LogP contribution in [-0.2, 0) is 13.0 Å². The van der Waals surface area contributed by atoms with Crippen molar-refractivity contribution in [2.24, 2.45) is 0 Å². The third kappa shape index (κ3) is 3.72. The molecule has 0 atom stereocenters. The molecule has 0 radical (unpaired) electrons. The zero-order valence-electron chi connectivity index (χ0n) is 11.4. The summed E-state index contributed by atoms with van der Waals surface area (Å²) >= 11 is 0. The molecule has 98 valence electrons. The van der Waals surface area contributed by atoms with Crippen LogP contribution < -0.4 is 4.74 Å². The second-order valence-corrected chi connectivity index (χ2v) is 4.59. The van der Waals surface area contributed by atoms with Gasteiger partial charge >= 0.3 is 0 Å². The predicted octanol–water partition coefficient (Wildman–Crippen LogP) is 4.86. The van der Waals surface area contributed by atoms with E-state index in [9.17, 15) is 0 Å². The largest absolute Gasteiger partial charge is 0.489 e. The lowest BCUT2D eigenvalue weighted by Gasteiger charge is -2.10. The molecule has 19 heavy (non-hydrogen) atoms. The molecule has 0 spiro atoms. The van der Waals surface area contributed by atoms with Crippen LogP contribution in [0, 0.1) is 0 Å². The molecule has 2 aromatic rings. The number of hydrogen-bond donors (Lipinski definition) is 0. The van der Waals surface area contributed by atoms with Gasteiger partial charge in [-0.2, -0.15) is 0 Å². The van der Waals surface area contributed by atoms with Gasteiger partial charge in [0.05, 0.1) is 0 Å². The molecule has 0 bridgehead atoms. The summed E-state index contributed by atoms with van der Waals surface area (Å²) in [7, 11) is 0. The van der Waals surface area contributed by atoms with E-state index in [1.54, 1.807) is 0 Å². The second kappa shape index (κ2) is 6.79. The zero-order chi connectivity index (χ0) is 13.5. The Morgan fingerprint density at radius 2 is 1.89 bits per heavy atom. The third-order valence-corrected chi connectivity index (χ3v) is 3.10. The molecule has 2 aromatic carbocycles. The number of benzene rings is 2. The van der Waals surface area contributed by atoms with Gasteiger partial charge in [0, 0.05) is 0 Å². The summed E-state index contributed by atoms with van der Waals surface area (Å²) in [5, 5.41) is 0. The van der Waals surface area contributed by atoms with E-state index in [1.807, 2.05) is 30.3 Å². The third-order valence-electron chi connectivity index (χ3n) is 3.10. The van der Waals surface area contributed by atoms with E-state index in [1.165, 1.54) is 16.7 Å². The molecule has 0 aliphatic rings. The van der Waals surface area contributed by atoms with Crippen molar-refractivity contribution in [3.05, 3.63) is 71.8 Å². The molecule has 0 N–H and O–H groups in total. The van der Waals surface area contributed by atoms with E-state index in [0.29, 0.717) is 6.61 Å².